The smallest absolute Gasteiger partial charge is 0.241 e. The van der Waals surface area contributed by atoms with Gasteiger partial charge in [0, 0.05) is 29.7 Å². The number of carbonyl (C=O) groups excluding carboxylic acids is 1. The molecular formula is C27H29F2N7O. The van der Waals surface area contributed by atoms with Gasteiger partial charge in [0.05, 0.1) is 30.1 Å². The lowest BCUT2D eigenvalue weighted by Gasteiger charge is -2.33. The largest absolute Gasteiger partial charge is 0.356 e. The highest BCUT2D eigenvalue weighted by molar-refractivity contribution is 5.95. The van der Waals surface area contributed by atoms with Crippen LogP contribution in [0.5, 0.6) is 0 Å². The summed E-state index contributed by atoms with van der Waals surface area (Å²) in [5.41, 5.74) is 3.29. The molecule has 0 atom stereocenters. The third-order valence-electron chi connectivity index (χ3n) is 6.74. The second kappa shape index (κ2) is 9.85. The van der Waals surface area contributed by atoms with E-state index in [0.29, 0.717) is 41.1 Å². The van der Waals surface area contributed by atoms with Gasteiger partial charge in [-0.1, -0.05) is 20.8 Å². The van der Waals surface area contributed by atoms with E-state index in [9.17, 15) is 13.6 Å². The summed E-state index contributed by atoms with van der Waals surface area (Å²) in [5, 5.41) is 3.68. The molecule has 1 fully saturated rings. The maximum absolute atomic E-state index is 15.0. The van der Waals surface area contributed by atoms with Crippen molar-refractivity contribution in [2.75, 3.05) is 36.4 Å². The highest BCUT2D eigenvalue weighted by Gasteiger charge is 2.24. The molecule has 5 rings (SSSR count). The van der Waals surface area contributed by atoms with Gasteiger partial charge in [-0.05, 0) is 49.2 Å². The number of H-pyrrole nitrogens is 1. The van der Waals surface area contributed by atoms with Gasteiger partial charge in [0.15, 0.2) is 5.82 Å². The van der Waals surface area contributed by atoms with E-state index in [1.54, 1.807) is 29.3 Å². The Morgan fingerprint density at radius 1 is 1.11 bits per heavy atom. The highest BCUT2D eigenvalue weighted by Crippen LogP contribution is 2.34. The number of nitrogens with one attached hydrogen (secondary N) is 2. The molecule has 1 aromatic carbocycles. The quantitative estimate of drug-likeness (QED) is 0.377. The number of amides is 1. The molecule has 1 saturated heterocycles. The predicted molar refractivity (Wildman–Crippen MR) is 140 cm³/mol. The van der Waals surface area contributed by atoms with Crippen LogP contribution in [-0.4, -0.2) is 56.9 Å². The molecule has 0 spiro atoms. The lowest BCUT2D eigenvalue weighted by atomic mass is 9.98. The fourth-order valence-electron chi connectivity index (χ4n) is 4.91. The summed E-state index contributed by atoms with van der Waals surface area (Å²) < 4.78 is 29.8. The Kier molecular flexibility index (Phi) is 6.59. The fraction of sp³-hybridized carbons (Fsp3) is 0.333. The van der Waals surface area contributed by atoms with Crippen molar-refractivity contribution in [3.8, 4) is 11.3 Å². The van der Waals surface area contributed by atoms with Crippen molar-refractivity contribution in [1.29, 1.82) is 0 Å². The minimum absolute atomic E-state index is 0.0112. The number of nitrogens with zero attached hydrogens (tertiary/aromatic N) is 5. The Balaban J connectivity index is 1.41. The molecule has 0 radical (unpaired) electrons. The van der Waals surface area contributed by atoms with E-state index < -0.39 is 11.6 Å². The summed E-state index contributed by atoms with van der Waals surface area (Å²) in [5.74, 6) is -0.373. The monoisotopic (exact) mass is 505 g/mol. The van der Waals surface area contributed by atoms with Gasteiger partial charge in [0.25, 0.3) is 0 Å². The van der Waals surface area contributed by atoms with Crippen LogP contribution in [0.15, 0.2) is 36.7 Å². The van der Waals surface area contributed by atoms with Crippen LogP contribution in [0.2, 0.25) is 0 Å². The van der Waals surface area contributed by atoms with Crippen LogP contribution in [0, 0.1) is 18.6 Å². The molecule has 192 valence electrons. The summed E-state index contributed by atoms with van der Waals surface area (Å²) in [7, 11) is 0. The fourth-order valence-corrected chi connectivity index (χ4v) is 4.91. The molecule has 0 saturated carbocycles. The number of rotatable bonds is 6. The van der Waals surface area contributed by atoms with Gasteiger partial charge >= 0.3 is 0 Å². The Labute approximate surface area is 213 Å². The van der Waals surface area contributed by atoms with E-state index in [-0.39, 0.29) is 23.5 Å². The average molecular weight is 506 g/mol. The van der Waals surface area contributed by atoms with Gasteiger partial charge in [0.1, 0.15) is 17.3 Å². The molecule has 4 heterocycles. The number of aromatic amines is 1. The van der Waals surface area contributed by atoms with Crippen LogP contribution in [0.4, 0.5) is 26.2 Å². The van der Waals surface area contributed by atoms with Crippen molar-refractivity contribution in [2.45, 2.75) is 33.6 Å². The average Bonchev–Trinajstić information content (AvgIpc) is 3.22. The van der Waals surface area contributed by atoms with E-state index >= 15 is 0 Å². The van der Waals surface area contributed by atoms with E-state index in [0.717, 1.165) is 30.5 Å². The zero-order valence-corrected chi connectivity index (χ0v) is 21.3. The molecule has 0 aliphatic carbocycles. The Bertz CT molecular complexity index is 1470. The number of piperazine rings is 1. The van der Waals surface area contributed by atoms with Crippen LogP contribution < -0.4 is 10.2 Å². The number of hydrogen-bond donors (Lipinski definition) is 2. The molecule has 3 aromatic heterocycles. The molecule has 1 amide bonds. The lowest BCUT2D eigenvalue weighted by molar-refractivity contribution is -0.121. The molecule has 1 aliphatic rings. The highest BCUT2D eigenvalue weighted by atomic mass is 19.1. The minimum Gasteiger partial charge on any atom is -0.356 e. The summed E-state index contributed by atoms with van der Waals surface area (Å²) in [4.78, 5) is 32.1. The molecule has 10 heteroatoms. The number of carbonyl (C=O) groups is 1. The molecule has 0 bridgehead atoms. The van der Waals surface area contributed by atoms with E-state index in [4.69, 9.17) is 0 Å². The summed E-state index contributed by atoms with van der Waals surface area (Å²) >= 11 is 0. The second-order valence-electron chi connectivity index (χ2n) is 9.53. The number of likely N-dealkylation sites (N-methyl/N-ethyl adjacent to an activating group) is 1. The standard InChI is InChI=1S/C27H29F2N7O/c1-5-35-8-9-36(23(37)14-35)18-6-7-22(30-12-18)33-27-31-13-21(29)25(34-27)17-10-19-24(15(2)3)16(4)32-26(19)20(28)11-17/h6-7,10-13,15,32H,5,8-9,14H2,1-4H3,(H,30,31,33,34). The van der Waals surface area contributed by atoms with Crippen molar-refractivity contribution < 1.29 is 13.6 Å². The number of anilines is 3. The van der Waals surface area contributed by atoms with Crippen molar-refractivity contribution in [3.63, 3.8) is 0 Å². The number of pyridine rings is 1. The number of hydrogen-bond acceptors (Lipinski definition) is 6. The molecular weight excluding hydrogens is 476 g/mol. The van der Waals surface area contributed by atoms with E-state index in [2.05, 4.69) is 30.2 Å². The number of fused-ring (bicyclic) bond motifs is 1. The van der Waals surface area contributed by atoms with Crippen molar-refractivity contribution in [3.05, 3.63) is 59.6 Å². The number of halogens is 2. The molecule has 2 N–H and O–H groups in total. The molecule has 1 aliphatic heterocycles. The maximum atomic E-state index is 15.0. The molecule has 0 unspecified atom stereocenters. The maximum Gasteiger partial charge on any atom is 0.241 e. The summed E-state index contributed by atoms with van der Waals surface area (Å²) in [6.45, 7) is 10.6. The van der Waals surface area contributed by atoms with Crippen molar-refractivity contribution in [1.82, 2.24) is 24.8 Å². The third-order valence-corrected chi connectivity index (χ3v) is 6.74. The Morgan fingerprint density at radius 2 is 1.92 bits per heavy atom. The lowest BCUT2D eigenvalue weighted by Crippen LogP contribution is -2.50. The van der Waals surface area contributed by atoms with E-state index in [1.165, 1.54) is 6.07 Å². The zero-order chi connectivity index (χ0) is 26.3. The van der Waals surface area contributed by atoms with Crippen LogP contribution in [-0.2, 0) is 4.79 Å². The van der Waals surface area contributed by atoms with Gasteiger partial charge in [-0.2, -0.15) is 0 Å². The van der Waals surface area contributed by atoms with Crippen LogP contribution in [0.1, 0.15) is 37.9 Å². The first kappa shape index (κ1) is 24.8. The Morgan fingerprint density at radius 3 is 2.59 bits per heavy atom. The molecule has 37 heavy (non-hydrogen) atoms. The molecule has 4 aromatic rings. The summed E-state index contributed by atoms with van der Waals surface area (Å²) in [6, 6.07) is 6.55. The first-order valence-electron chi connectivity index (χ1n) is 12.4. The third kappa shape index (κ3) is 4.76. The number of benzene rings is 1. The first-order chi connectivity index (χ1) is 17.7. The van der Waals surface area contributed by atoms with Crippen LogP contribution in [0.3, 0.4) is 0 Å². The van der Waals surface area contributed by atoms with E-state index in [1.807, 2.05) is 27.7 Å². The molecule has 8 nitrogen and oxygen atoms in total. The van der Waals surface area contributed by atoms with Gasteiger partial charge in [-0.3, -0.25) is 9.69 Å². The number of aromatic nitrogens is 4. The minimum atomic E-state index is -0.657. The Hall–Kier alpha value is -3.92. The van der Waals surface area contributed by atoms with Crippen LogP contribution in [0.25, 0.3) is 22.2 Å². The normalized spacial score (nSPS) is 14.7. The summed E-state index contributed by atoms with van der Waals surface area (Å²) in [6.07, 6.45) is 2.66. The van der Waals surface area contributed by atoms with Gasteiger partial charge in [-0.25, -0.2) is 23.7 Å². The second-order valence-corrected chi connectivity index (χ2v) is 9.53. The van der Waals surface area contributed by atoms with Crippen molar-refractivity contribution in [2.24, 2.45) is 0 Å². The van der Waals surface area contributed by atoms with Crippen LogP contribution >= 0.6 is 0 Å². The predicted octanol–water partition coefficient (Wildman–Crippen LogP) is 5.14. The van der Waals surface area contributed by atoms with Gasteiger partial charge in [0.2, 0.25) is 11.9 Å². The SMILES string of the molecule is CCN1CCN(c2ccc(Nc3ncc(F)c(-c4cc(F)c5[nH]c(C)c(C(C)C)c5c4)n3)nc2)C(=O)C1. The van der Waals surface area contributed by atoms with Crippen molar-refractivity contribution >= 4 is 34.3 Å². The number of aryl methyl sites for hydroxylation is 1. The van der Waals surface area contributed by atoms with Gasteiger partial charge in [-0.15, -0.1) is 0 Å². The first-order valence-corrected chi connectivity index (χ1v) is 12.4. The zero-order valence-electron chi connectivity index (χ0n) is 21.3. The topological polar surface area (TPSA) is 90.0 Å². The van der Waals surface area contributed by atoms with Gasteiger partial charge < -0.3 is 15.2 Å².